The predicted octanol–water partition coefficient (Wildman–Crippen LogP) is 3.36. The third kappa shape index (κ3) is 4.08. The number of anilines is 2. The number of rotatable bonds is 5. The van der Waals surface area contributed by atoms with Crippen molar-refractivity contribution in [2.45, 2.75) is 6.42 Å². The molecule has 0 atom stereocenters. The summed E-state index contributed by atoms with van der Waals surface area (Å²) < 4.78 is 13.0. The second-order valence-corrected chi connectivity index (χ2v) is 5.36. The third-order valence-corrected chi connectivity index (χ3v) is 3.48. The van der Waals surface area contributed by atoms with Gasteiger partial charge in [-0.1, -0.05) is 6.07 Å². The summed E-state index contributed by atoms with van der Waals surface area (Å²) in [7, 11) is 0. The van der Waals surface area contributed by atoms with Gasteiger partial charge in [0.2, 0.25) is 0 Å². The van der Waals surface area contributed by atoms with Crippen LogP contribution in [0.3, 0.4) is 0 Å². The van der Waals surface area contributed by atoms with Crippen LogP contribution in [0.2, 0.25) is 0 Å². The number of phenolic OH excluding ortho intramolecular Hbond substituents is 1. The van der Waals surface area contributed by atoms with Crippen LogP contribution < -0.4 is 5.32 Å². The van der Waals surface area contributed by atoms with Crippen LogP contribution in [0.25, 0.3) is 11.3 Å². The lowest BCUT2D eigenvalue weighted by atomic mass is 10.1. The van der Waals surface area contributed by atoms with Crippen molar-refractivity contribution >= 4 is 17.5 Å². The molecule has 3 rings (SSSR count). The molecule has 3 aromatic rings. The summed E-state index contributed by atoms with van der Waals surface area (Å²) in [6.45, 7) is 0. The van der Waals surface area contributed by atoms with Gasteiger partial charge in [-0.05, 0) is 54.1 Å². The first-order valence-corrected chi connectivity index (χ1v) is 7.41. The van der Waals surface area contributed by atoms with Crippen molar-refractivity contribution < 1.29 is 19.4 Å². The van der Waals surface area contributed by atoms with Crippen molar-refractivity contribution in [3.8, 4) is 17.0 Å². The fourth-order valence-electron chi connectivity index (χ4n) is 2.28. The lowest BCUT2D eigenvalue weighted by molar-refractivity contribution is -0.136. The van der Waals surface area contributed by atoms with Crippen LogP contribution in [0.5, 0.6) is 5.75 Å². The molecule has 0 saturated carbocycles. The van der Waals surface area contributed by atoms with Crippen molar-refractivity contribution in [1.82, 2.24) is 10.2 Å². The van der Waals surface area contributed by atoms with E-state index in [2.05, 4.69) is 15.5 Å². The zero-order valence-electron chi connectivity index (χ0n) is 13.0. The van der Waals surface area contributed by atoms with Crippen LogP contribution in [-0.2, 0) is 11.2 Å². The van der Waals surface area contributed by atoms with E-state index in [1.807, 2.05) is 0 Å². The Morgan fingerprint density at radius 2 is 1.80 bits per heavy atom. The van der Waals surface area contributed by atoms with Crippen LogP contribution in [0, 0.1) is 5.82 Å². The highest BCUT2D eigenvalue weighted by atomic mass is 19.1. The topological polar surface area (TPSA) is 95.3 Å². The van der Waals surface area contributed by atoms with Gasteiger partial charge in [-0.15, -0.1) is 10.2 Å². The van der Waals surface area contributed by atoms with Gasteiger partial charge in [0, 0.05) is 5.56 Å². The normalized spacial score (nSPS) is 10.4. The van der Waals surface area contributed by atoms with E-state index in [0.717, 1.165) is 5.56 Å². The second-order valence-electron chi connectivity index (χ2n) is 5.36. The van der Waals surface area contributed by atoms with Crippen molar-refractivity contribution in [2.24, 2.45) is 0 Å². The van der Waals surface area contributed by atoms with Crippen molar-refractivity contribution in [3.63, 3.8) is 0 Å². The van der Waals surface area contributed by atoms with E-state index < -0.39 is 5.97 Å². The van der Waals surface area contributed by atoms with Gasteiger partial charge in [0.1, 0.15) is 11.6 Å². The first-order chi connectivity index (χ1) is 12.0. The summed E-state index contributed by atoms with van der Waals surface area (Å²) in [4.78, 5) is 10.8. The Hall–Kier alpha value is -3.48. The molecular weight excluding hydrogens is 325 g/mol. The summed E-state index contributed by atoms with van der Waals surface area (Å²) in [5.74, 6) is -0.931. The number of carboxylic acids is 1. The van der Waals surface area contributed by atoms with Crippen molar-refractivity contribution in [1.29, 1.82) is 0 Å². The number of nitrogens with one attached hydrogen (secondary N) is 1. The van der Waals surface area contributed by atoms with Crippen LogP contribution in [0.15, 0.2) is 54.6 Å². The van der Waals surface area contributed by atoms with Gasteiger partial charge in [-0.2, -0.15) is 0 Å². The molecule has 0 aliphatic heterocycles. The molecule has 1 aromatic heterocycles. The Balaban J connectivity index is 1.79. The fourth-order valence-corrected chi connectivity index (χ4v) is 2.28. The fraction of sp³-hybridized carbons (Fsp3) is 0.0556. The number of hydrogen-bond acceptors (Lipinski definition) is 5. The number of aromatic hydroxyl groups is 1. The molecule has 0 saturated heterocycles. The largest absolute Gasteiger partial charge is 0.506 e. The number of aliphatic carboxylic acids is 1. The molecule has 1 heterocycles. The molecule has 0 unspecified atom stereocenters. The van der Waals surface area contributed by atoms with Crippen LogP contribution >= 0.6 is 0 Å². The number of benzene rings is 2. The minimum atomic E-state index is -0.958. The molecule has 3 N–H and O–H groups in total. The minimum absolute atomic E-state index is 0.0291. The van der Waals surface area contributed by atoms with E-state index in [0.29, 0.717) is 22.8 Å². The Labute approximate surface area is 142 Å². The zero-order valence-corrected chi connectivity index (χ0v) is 13.0. The molecule has 126 valence electrons. The highest BCUT2D eigenvalue weighted by Crippen LogP contribution is 2.27. The Morgan fingerprint density at radius 1 is 1.04 bits per heavy atom. The maximum atomic E-state index is 13.0. The Morgan fingerprint density at radius 3 is 2.44 bits per heavy atom. The number of nitrogens with zero attached hydrogens (tertiary/aromatic N) is 2. The smallest absolute Gasteiger partial charge is 0.307 e. The number of carbonyl (C=O) groups is 1. The van der Waals surface area contributed by atoms with Crippen LogP contribution in [-0.4, -0.2) is 26.4 Å². The van der Waals surface area contributed by atoms with Crippen LogP contribution in [0.1, 0.15) is 5.56 Å². The highest BCUT2D eigenvalue weighted by molar-refractivity contribution is 5.72. The molecule has 0 radical (unpaired) electrons. The van der Waals surface area contributed by atoms with Crippen LogP contribution in [0.4, 0.5) is 15.9 Å². The molecule has 0 spiro atoms. The molecular formula is C18H14FN3O3. The van der Waals surface area contributed by atoms with E-state index in [9.17, 15) is 14.3 Å². The molecule has 0 aliphatic rings. The van der Waals surface area contributed by atoms with E-state index in [1.165, 1.54) is 24.3 Å². The van der Waals surface area contributed by atoms with Gasteiger partial charge in [-0.3, -0.25) is 4.79 Å². The van der Waals surface area contributed by atoms with Gasteiger partial charge in [-0.25, -0.2) is 4.39 Å². The predicted molar refractivity (Wildman–Crippen MR) is 90.2 cm³/mol. The molecule has 7 heteroatoms. The number of phenols is 1. The molecule has 0 bridgehead atoms. The number of hydrogen-bond donors (Lipinski definition) is 3. The lowest BCUT2D eigenvalue weighted by Gasteiger charge is -2.09. The van der Waals surface area contributed by atoms with E-state index in [-0.39, 0.29) is 18.0 Å². The summed E-state index contributed by atoms with van der Waals surface area (Å²) in [5.41, 5.74) is 2.19. The average Bonchev–Trinajstić information content (AvgIpc) is 2.59. The van der Waals surface area contributed by atoms with Gasteiger partial charge < -0.3 is 15.5 Å². The lowest BCUT2D eigenvalue weighted by Crippen LogP contribution is -2.01. The first-order valence-electron chi connectivity index (χ1n) is 7.41. The monoisotopic (exact) mass is 339 g/mol. The highest BCUT2D eigenvalue weighted by Gasteiger charge is 2.08. The molecule has 6 nitrogen and oxygen atoms in total. The zero-order chi connectivity index (χ0) is 17.8. The molecule has 0 fully saturated rings. The molecule has 0 amide bonds. The Kier molecular flexibility index (Phi) is 4.56. The molecule has 0 aliphatic carbocycles. The minimum Gasteiger partial charge on any atom is -0.506 e. The van der Waals surface area contributed by atoms with Crippen molar-refractivity contribution in [2.75, 3.05) is 5.32 Å². The van der Waals surface area contributed by atoms with Gasteiger partial charge in [0.15, 0.2) is 5.82 Å². The second kappa shape index (κ2) is 6.96. The maximum Gasteiger partial charge on any atom is 0.307 e. The van der Waals surface area contributed by atoms with Gasteiger partial charge in [0.05, 0.1) is 17.8 Å². The van der Waals surface area contributed by atoms with Gasteiger partial charge >= 0.3 is 5.97 Å². The Bertz CT molecular complexity index is 896. The quantitative estimate of drug-likeness (QED) is 0.617. The first kappa shape index (κ1) is 16.4. The van der Waals surface area contributed by atoms with E-state index in [4.69, 9.17) is 5.11 Å². The van der Waals surface area contributed by atoms with E-state index >= 15 is 0 Å². The number of halogens is 1. The number of aromatic nitrogens is 2. The average molecular weight is 339 g/mol. The summed E-state index contributed by atoms with van der Waals surface area (Å²) in [5, 5.41) is 29.7. The molecule has 2 aromatic carbocycles. The number of carboxylic acid groups (broad SMARTS) is 1. The summed E-state index contributed by atoms with van der Waals surface area (Å²) in [6, 6.07) is 13.8. The summed E-state index contributed by atoms with van der Waals surface area (Å²) in [6.07, 6.45) is -0.149. The SMILES string of the molecule is O=C(O)Cc1ccc(O)c(Nc2ccc(-c3ccc(F)cc3)nn2)c1. The van der Waals surface area contributed by atoms with Gasteiger partial charge in [0.25, 0.3) is 0 Å². The summed E-state index contributed by atoms with van der Waals surface area (Å²) >= 11 is 0. The van der Waals surface area contributed by atoms with Crippen molar-refractivity contribution in [3.05, 3.63) is 66.0 Å². The maximum absolute atomic E-state index is 13.0. The standard InChI is InChI=1S/C18H14FN3O3/c19-13-4-2-12(3-5-13)14-6-8-17(22-21-14)20-15-9-11(10-18(24)25)1-7-16(15)23/h1-9,23H,10H2,(H,20,22)(H,24,25). The van der Waals surface area contributed by atoms with E-state index in [1.54, 1.807) is 30.3 Å². The molecule has 25 heavy (non-hydrogen) atoms. The third-order valence-electron chi connectivity index (χ3n) is 3.48.